The SMILES string of the molecule is Cl.Fc1ncccc1COC1CC2CCC(C1)N2. The molecule has 2 aliphatic heterocycles. The third-order valence-corrected chi connectivity index (χ3v) is 3.74. The third-order valence-electron chi connectivity index (χ3n) is 3.74. The Labute approximate surface area is 113 Å². The minimum atomic E-state index is -0.413. The van der Waals surface area contributed by atoms with Gasteiger partial charge in [0, 0.05) is 23.8 Å². The molecule has 2 fully saturated rings. The number of hydrogen-bond acceptors (Lipinski definition) is 3. The van der Waals surface area contributed by atoms with Crippen LogP contribution in [-0.4, -0.2) is 23.2 Å². The molecule has 0 aliphatic carbocycles. The number of hydrogen-bond donors (Lipinski definition) is 1. The van der Waals surface area contributed by atoms with Gasteiger partial charge < -0.3 is 10.1 Å². The zero-order valence-electron chi connectivity index (χ0n) is 10.1. The molecular weight excluding hydrogens is 255 g/mol. The summed E-state index contributed by atoms with van der Waals surface area (Å²) >= 11 is 0. The number of nitrogens with zero attached hydrogens (tertiary/aromatic N) is 1. The van der Waals surface area contributed by atoms with E-state index in [4.69, 9.17) is 4.74 Å². The van der Waals surface area contributed by atoms with E-state index in [9.17, 15) is 4.39 Å². The fourth-order valence-electron chi connectivity index (χ4n) is 2.88. The highest BCUT2D eigenvalue weighted by atomic mass is 35.5. The van der Waals surface area contributed by atoms with Crippen LogP contribution in [0.4, 0.5) is 4.39 Å². The Hall–Kier alpha value is -0.710. The Morgan fingerprint density at radius 1 is 1.33 bits per heavy atom. The maximum Gasteiger partial charge on any atom is 0.218 e. The summed E-state index contributed by atoms with van der Waals surface area (Å²) in [5.74, 6) is -0.413. The molecule has 0 radical (unpaired) electrons. The summed E-state index contributed by atoms with van der Waals surface area (Å²) < 4.78 is 19.1. The lowest BCUT2D eigenvalue weighted by Crippen LogP contribution is -2.41. The van der Waals surface area contributed by atoms with Gasteiger partial charge in [0.25, 0.3) is 0 Å². The summed E-state index contributed by atoms with van der Waals surface area (Å²) in [5.41, 5.74) is 0.554. The lowest BCUT2D eigenvalue weighted by Gasteiger charge is -2.29. The smallest absolute Gasteiger partial charge is 0.218 e. The van der Waals surface area contributed by atoms with Crippen molar-refractivity contribution in [3.8, 4) is 0 Å². The van der Waals surface area contributed by atoms with Crippen LogP contribution >= 0.6 is 12.4 Å². The van der Waals surface area contributed by atoms with Crippen LogP contribution in [0.2, 0.25) is 0 Å². The zero-order valence-corrected chi connectivity index (χ0v) is 11.0. The number of piperidine rings is 1. The van der Waals surface area contributed by atoms with Crippen LogP contribution < -0.4 is 5.32 Å². The summed E-state index contributed by atoms with van der Waals surface area (Å²) in [5, 5.41) is 3.56. The number of aromatic nitrogens is 1. The lowest BCUT2D eigenvalue weighted by atomic mass is 10.0. The largest absolute Gasteiger partial charge is 0.373 e. The van der Waals surface area contributed by atoms with E-state index < -0.39 is 5.95 Å². The topological polar surface area (TPSA) is 34.1 Å². The summed E-state index contributed by atoms with van der Waals surface area (Å²) in [6.45, 7) is 0.337. The molecule has 1 N–H and O–H groups in total. The van der Waals surface area contributed by atoms with Gasteiger partial charge in [-0.1, -0.05) is 6.07 Å². The van der Waals surface area contributed by atoms with Crippen LogP contribution in [0.25, 0.3) is 0 Å². The summed E-state index contributed by atoms with van der Waals surface area (Å²) in [6.07, 6.45) is 6.35. The molecule has 1 aromatic rings. The molecule has 3 rings (SSSR count). The van der Waals surface area contributed by atoms with Gasteiger partial charge in [-0.2, -0.15) is 4.39 Å². The van der Waals surface area contributed by atoms with E-state index in [2.05, 4.69) is 10.3 Å². The van der Waals surface area contributed by atoms with E-state index in [-0.39, 0.29) is 18.5 Å². The monoisotopic (exact) mass is 272 g/mol. The number of ether oxygens (including phenoxy) is 1. The molecule has 2 aliphatic rings. The van der Waals surface area contributed by atoms with E-state index in [0.29, 0.717) is 24.3 Å². The van der Waals surface area contributed by atoms with Gasteiger partial charge in [0.15, 0.2) is 0 Å². The van der Waals surface area contributed by atoms with Crippen LogP contribution in [0.3, 0.4) is 0 Å². The van der Waals surface area contributed by atoms with Crippen LogP contribution in [-0.2, 0) is 11.3 Å². The van der Waals surface area contributed by atoms with Crippen molar-refractivity contribution in [1.82, 2.24) is 10.3 Å². The Morgan fingerprint density at radius 3 is 2.72 bits per heavy atom. The molecule has 0 aromatic carbocycles. The fourth-order valence-corrected chi connectivity index (χ4v) is 2.88. The first-order chi connectivity index (χ1) is 8.31. The van der Waals surface area contributed by atoms with Crippen molar-refractivity contribution in [1.29, 1.82) is 0 Å². The van der Waals surface area contributed by atoms with Crippen molar-refractivity contribution in [3.05, 3.63) is 29.8 Å². The quantitative estimate of drug-likeness (QED) is 0.859. The van der Waals surface area contributed by atoms with E-state index in [1.807, 2.05) is 0 Å². The maximum absolute atomic E-state index is 13.3. The van der Waals surface area contributed by atoms with E-state index in [1.54, 1.807) is 12.1 Å². The fraction of sp³-hybridized carbons (Fsp3) is 0.615. The molecule has 0 spiro atoms. The summed E-state index contributed by atoms with van der Waals surface area (Å²) in [6, 6.07) is 4.70. The molecule has 2 atom stereocenters. The summed E-state index contributed by atoms with van der Waals surface area (Å²) in [4.78, 5) is 3.63. The average Bonchev–Trinajstić information content (AvgIpc) is 2.68. The number of nitrogens with one attached hydrogen (secondary N) is 1. The first-order valence-electron chi connectivity index (χ1n) is 6.28. The van der Waals surface area contributed by atoms with Crippen LogP contribution in [0, 0.1) is 5.95 Å². The van der Waals surface area contributed by atoms with Gasteiger partial charge in [0.2, 0.25) is 5.95 Å². The minimum Gasteiger partial charge on any atom is -0.373 e. The second kappa shape index (κ2) is 5.95. The van der Waals surface area contributed by atoms with E-state index >= 15 is 0 Å². The highest BCUT2D eigenvalue weighted by Gasteiger charge is 2.33. The molecule has 1 aromatic heterocycles. The van der Waals surface area contributed by atoms with Gasteiger partial charge in [-0.25, -0.2) is 4.98 Å². The van der Waals surface area contributed by atoms with Crippen molar-refractivity contribution < 1.29 is 9.13 Å². The molecule has 0 saturated carbocycles. The van der Waals surface area contributed by atoms with Gasteiger partial charge in [-0.15, -0.1) is 12.4 Å². The Balaban J connectivity index is 0.00000120. The van der Waals surface area contributed by atoms with Crippen molar-refractivity contribution in [3.63, 3.8) is 0 Å². The van der Waals surface area contributed by atoms with Crippen molar-refractivity contribution in [2.24, 2.45) is 0 Å². The highest BCUT2D eigenvalue weighted by Crippen LogP contribution is 2.29. The van der Waals surface area contributed by atoms with Gasteiger partial charge in [0.1, 0.15) is 0 Å². The predicted octanol–water partition coefficient (Wildman–Crippen LogP) is 2.44. The minimum absolute atomic E-state index is 0. The molecule has 100 valence electrons. The van der Waals surface area contributed by atoms with Gasteiger partial charge in [0.05, 0.1) is 12.7 Å². The average molecular weight is 273 g/mol. The molecule has 3 nitrogen and oxygen atoms in total. The highest BCUT2D eigenvalue weighted by molar-refractivity contribution is 5.85. The molecule has 5 heteroatoms. The zero-order chi connectivity index (χ0) is 11.7. The summed E-state index contributed by atoms with van der Waals surface area (Å²) in [7, 11) is 0. The second-order valence-electron chi connectivity index (χ2n) is 5.00. The molecule has 0 amide bonds. The van der Waals surface area contributed by atoms with Crippen LogP contribution in [0.1, 0.15) is 31.2 Å². The predicted molar refractivity (Wildman–Crippen MR) is 69.2 cm³/mol. The Morgan fingerprint density at radius 2 is 2.06 bits per heavy atom. The van der Waals surface area contributed by atoms with E-state index in [0.717, 1.165) is 12.8 Å². The normalized spacial score (nSPS) is 29.9. The first-order valence-corrected chi connectivity index (χ1v) is 6.28. The molecular formula is C13H18ClFN2O. The van der Waals surface area contributed by atoms with Crippen molar-refractivity contribution >= 4 is 12.4 Å². The molecule has 18 heavy (non-hydrogen) atoms. The van der Waals surface area contributed by atoms with Crippen LogP contribution in [0.15, 0.2) is 18.3 Å². The first kappa shape index (κ1) is 13.7. The van der Waals surface area contributed by atoms with Gasteiger partial charge >= 0.3 is 0 Å². The standard InChI is InChI=1S/C13H17FN2O.ClH/c14-13-9(2-1-5-15-13)8-17-12-6-10-3-4-11(7-12)16-10;/h1-2,5,10-12,16H,3-4,6-8H2;1H. The van der Waals surface area contributed by atoms with E-state index in [1.165, 1.54) is 19.0 Å². The number of halogens is 2. The van der Waals surface area contributed by atoms with Crippen LogP contribution in [0.5, 0.6) is 0 Å². The molecule has 2 bridgehead atoms. The Bertz CT molecular complexity index is 392. The lowest BCUT2D eigenvalue weighted by molar-refractivity contribution is 0.00774. The third kappa shape index (κ3) is 2.99. The van der Waals surface area contributed by atoms with Gasteiger partial charge in [-0.05, 0) is 31.7 Å². The Kier molecular flexibility index (Phi) is 4.54. The van der Waals surface area contributed by atoms with Gasteiger partial charge in [-0.3, -0.25) is 0 Å². The molecule has 2 saturated heterocycles. The molecule has 3 heterocycles. The molecule has 2 unspecified atom stereocenters. The number of pyridine rings is 1. The van der Waals surface area contributed by atoms with Crippen molar-refractivity contribution in [2.45, 2.75) is 50.5 Å². The van der Waals surface area contributed by atoms with Crippen molar-refractivity contribution in [2.75, 3.05) is 0 Å². The number of rotatable bonds is 3. The maximum atomic E-state index is 13.3. The number of fused-ring (bicyclic) bond motifs is 2. The second-order valence-corrected chi connectivity index (χ2v) is 5.00.